The zero-order valence-corrected chi connectivity index (χ0v) is 12.6. The fourth-order valence-electron chi connectivity index (χ4n) is 2.59. The van der Waals surface area contributed by atoms with E-state index in [-0.39, 0.29) is 5.97 Å². The van der Waals surface area contributed by atoms with Crippen molar-refractivity contribution in [2.45, 2.75) is 70.6 Å². The highest BCUT2D eigenvalue weighted by Gasteiger charge is 2.38. The Kier molecular flexibility index (Phi) is 4.78. The summed E-state index contributed by atoms with van der Waals surface area (Å²) in [4.78, 5) is 16.4. The van der Waals surface area contributed by atoms with E-state index in [1.54, 1.807) is 20.8 Å². The molecular weight excluding hydrogens is 256 g/mol. The van der Waals surface area contributed by atoms with Gasteiger partial charge in [-0.3, -0.25) is 4.79 Å². The summed E-state index contributed by atoms with van der Waals surface area (Å²) in [5.74, 6) is 1.15. The highest BCUT2D eigenvalue weighted by molar-refractivity contribution is 5.80. The van der Waals surface area contributed by atoms with Crippen LogP contribution in [0.15, 0.2) is 4.52 Å². The first-order valence-electron chi connectivity index (χ1n) is 7.57. The Hall–Kier alpha value is -1.39. The molecule has 0 bridgehead atoms. The van der Waals surface area contributed by atoms with Crippen LogP contribution in [-0.4, -0.2) is 22.7 Å². The molecule has 1 aliphatic rings. The van der Waals surface area contributed by atoms with Gasteiger partial charge in [-0.15, -0.1) is 0 Å². The summed E-state index contributed by atoms with van der Waals surface area (Å²) in [5, 5.41) is 4.10. The maximum atomic E-state index is 12.0. The second-order valence-corrected chi connectivity index (χ2v) is 5.99. The van der Waals surface area contributed by atoms with Gasteiger partial charge < -0.3 is 9.26 Å². The first-order chi connectivity index (χ1) is 9.55. The molecular formula is C15H24N2O3. The lowest BCUT2D eigenvalue weighted by Crippen LogP contribution is -2.31. The minimum Gasteiger partial charge on any atom is -0.465 e. The van der Waals surface area contributed by atoms with Gasteiger partial charge >= 0.3 is 5.97 Å². The van der Waals surface area contributed by atoms with Crippen molar-refractivity contribution >= 4 is 5.97 Å². The van der Waals surface area contributed by atoms with Gasteiger partial charge in [0.2, 0.25) is 5.89 Å². The number of nitrogens with zero attached hydrogens (tertiary/aromatic N) is 2. The Bertz CT molecular complexity index is 446. The van der Waals surface area contributed by atoms with Crippen molar-refractivity contribution < 1.29 is 14.1 Å². The molecule has 0 radical (unpaired) electrons. The predicted octanol–water partition coefficient (Wildman–Crippen LogP) is 3.35. The molecule has 1 fully saturated rings. The Labute approximate surface area is 120 Å². The van der Waals surface area contributed by atoms with Crippen molar-refractivity contribution in [2.75, 3.05) is 6.61 Å². The van der Waals surface area contributed by atoms with E-state index < -0.39 is 5.41 Å². The molecule has 5 heteroatoms. The number of hydrogen-bond acceptors (Lipinski definition) is 5. The maximum Gasteiger partial charge on any atom is 0.321 e. The zero-order valence-electron chi connectivity index (χ0n) is 12.6. The maximum absolute atomic E-state index is 12.0. The third-order valence-electron chi connectivity index (χ3n) is 3.98. The fourth-order valence-corrected chi connectivity index (χ4v) is 2.59. The van der Waals surface area contributed by atoms with Crippen molar-refractivity contribution in [2.24, 2.45) is 0 Å². The molecule has 0 aromatic carbocycles. The van der Waals surface area contributed by atoms with Crippen molar-refractivity contribution in [1.82, 2.24) is 10.1 Å². The summed E-state index contributed by atoms with van der Waals surface area (Å²) >= 11 is 0. The highest BCUT2D eigenvalue weighted by Crippen LogP contribution is 2.31. The largest absolute Gasteiger partial charge is 0.465 e. The summed E-state index contributed by atoms with van der Waals surface area (Å²) in [5.41, 5.74) is -0.883. The van der Waals surface area contributed by atoms with Crippen LogP contribution in [0, 0.1) is 0 Å². The molecule has 5 nitrogen and oxygen atoms in total. The number of esters is 1. The monoisotopic (exact) mass is 280 g/mol. The topological polar surface area (TPSA) is 65.2 Å². The lowest BCUT2D eigenvalue weighted by molar-refractivity contribution is -0.149. The smallest absolute Gasteiger partial charge is 0.321 e. The molecule has 1 saturated carbocycles. The van der Waals surface area contributed by atoms with Crippen LogP contribution in [0.3, 0.4) is 0 Å². The molecule has 0 saturated heterocycles. The van der Waals surface area contributed by atoms with E-state index in [1.807, 2.05) is 0 Å². The first-order valence-corrected chi connectivity index (χ1v) is 7.57. The van der Waals surface area contributed by atoms with Gasteiger partial charge in [0, 0.05) is 5.92 Å². The second-order valence-electron chi connectivity index (χ2n) is 5.99. The second kappa shape index (κ2) is 6.37. The van der Waals surface area contributed by atoms with E-state index in [0.717, 1.165) is 18.7 Å². The van der Waals surface area contributed by atoms with E-state index in [9.17, 15) is 4.79 Å². The third-order valence-corrected chi connectivity index (χ3v) is 3.98. The minimum absolute atomic E-state index is 0.323. The molecule has 0 unspecified atom stereocenters. The van der Waals surface area contributed by atoms with Gasteiger partial charge in [0.25, 0.3) is 0 Å². The Morgan fingerprint density at radius 2 is 1.95 bits per heavy atom. The molecule has 112 valence electrons. The molecule has 1 aromatic heterocycles. The quantitative estimate of drug-likeness (QED) is 0.625. The summed E-state index contributed by atoms with van der Waals surface area (Å²) in [6, 6.07) is 0. The van der Waals surface area contributed by atoms with Crippen molar-refractivity contribution in [3.63, 3.8) is 0 Å². The summed E-state index contributed by atoms with van der Waals surface area (Å²) in [6.07, 6.45) is 7.23. The standard InChI is InChI=1S/C15H24N2O3/c1-4-19-14(18)15(2,3)13-16-12(17-20-13)11-9-7-5-6-8-10-11/h11H,4-10H2,1-3H3. The number of ether oxygens (including phenoxy) is 1. The number of hydrogen-bond donors (Lipinski definition) is 0. The molecule has 2 rings (SSSR count). The van der Waals surface area contributed by atoms with Crippen LogP contribution in [0.25, 0.3) is 0 Å². The van der Waals surface area contributed by atoms with Gasteiger partial charge in [0.1, 0.15) is 5.41 Å². The van der Waals surface area contributed by atoms with Gasteiger partial charge in [0.15, 0.2) is 5.82 Å². The lowest BCUT2D eigenvalue weighted by Gasteiger charge is -2.17. The zero-order chi connectivity index (χ0) is 14.6. The molecule has 0 amide bonds. The summed E-state index contributed by atoms with van der Waals surface area (Å²) in [6.45, 7) is 5.66. The number of aromatic nitrogens is 2. The summed E-state index contributed by atoms with van der Waals surface area (Å²) < 4.78 is 10.4. The summed E-state index contributed by atoms with van der Waals surface area (Å²) in [7, 11) is 0. The minimum atomic E-state index is -0.883. The van der Waals surface area contributed by atoms with E-state index >= 15 is 0 Å². The molecule has 0 spiro atoms. The number of carbonyl (C=O) groups excluding carboxylic acids is 1. The third kappa shape index (κ3) is 3.19. The molecule has 1 heterocycles. The van der Waals surface area contributed by atoms with Crippen LogP contribution < -0.4 is 0 Å². The van der Waals surface area contributed by atoms with Gasteiger partial charge in [-0.1, -0.05) is 30.8 Å². The van der Waals surface area contributed by atoms with E-state index in [0.29, 0.717) is 18.4 Å². The predicted molar refractivity (Wildman–Crippen MR) is 74.4 cm³/mol. The number of rotatable bonds is 4. The molecule has 0 atom stereocenters. The Morgan fingerprint density at radius 3 is 2.55 bits per heavy atom. The number of carbonyl (C=O) groups is 1. The molecule has 0 aliphatic heterocycles. The lowest BCUT2D eigenvalue weighted by atomic mass is 9.93. The van der Waals surface area contributed by atoms with E-state index in [4.69, 9.17) is 9.26 Å². The van der Waals surface area contributed by atoms with Crippen molar-refractivity contribution in [3.8, 4) is 0 Å². The van der Waals surface area contributed by atoms with Gasteiger partial charge in [0.05, 0.1) is 6.61 Å². The van der Waals surface area contributed by atoms with Crippen LogP contribution >= 0.6 is 0 Å². The van der Waals surface area contributed by atoms with Crippen molar-refractivity contribution in [3.05, 3.63) is 11.7 Å². The molecule has 1 aliphatic carbocycles. The van der Waals surface area contributed by atoms with Gasteiger partial charge in [-0.25, -0.2) is 0 Å². The van der Waals surface area contributed by atoms with Gasteiger partial charge in [-0.05, 0) is 33.6 Å². The van der Waals surface area contributed by atoms with Crippen LogP contribution in [0.5, 0.6) is 0 Å². The highest BCUT2D eigenvalue weighted by atomic mass is 16.5. The van der Waals surface area contributed by atoms with Crippen LogP contribution in [0.4, 0.5) is 0 Å². The average molecular weight is 280 g/mol. The van der Waals surface area contributed by atoms with Crippen LogP contribution in [-0.2, 0) is 14.9 Å². The van der Waals surface area contributed by atoms with E-state index in [1.165, 1.54) is 25.7 Å². The SMILES string of the molecule is CCOC(=O)C(C)(C)c1nc(C2CCCCCC2)no1. The van der Waals surface area contributed by atoms with Crippen LogP contribution in [0.1, 0.15) is 76.9 Å². The Morgan fingerprint density at radius 1 is 1.30 bits per heavy atom. The van der Waals surface area contributed by atoms with Crippen LogP contribution in [0.2, 0.25) is 0 Å². The fraction of sp³-hybridized carbons (Fsp3) is 0.800. The van der Waals surface area contributed by atoms with E-state index in [2.05, 4.69) is 10.1 Å². The Balaban J connectivity index is 2.13. The molecule has 0 N–H and O–H groups in total. The van der Waals surface area contributed by atoms with Crippen molar-refractivity contribution in [1.29, 1.82) is 0 Å². The first kappa shape index (κ1) is 15.0. The molecule has 20 heavy (non-hydrogen) atoms. The van der Waals surface area contributed by atoms with Gasteiger partial charge in [-0.2, -0.15) is 4.98 Å². The average Bonchev–Trinajstić information content (AvgIpc) is 2.76. The normalized spacial score (nSPS) is 17.8. The molecule has 1 aromatic rings.